The summed E-state index contributed by atoms with van der Waals surface area (Å²) in [7, 11) is 0. The number of amides is 2. The number of thioether (sulfide) groups is 1. The molecule has 3 N–H and O–H groups in total. The molecule has 1 aromatic heterocycles. The smallest absolute Gasteiger partial charge is 0.265 e. The molecule has 8 heteroatoms. The zero-order valence-corrected chi connectivity index (χ0v) is 18.5. The van der Waals surface area contributed by atoms with E-state index in [2.05, 4.69) is 15.6 Å². The van der Waals surface area contributed by atoms with E-state index >= 15 is 0 Å². The van der Waals surface area contributed by atoms with Gasteiger partial charge in [0.15, 0.2) is 0 Å². The average molecular weight is 456 g/mol. The number of rotatable bonds is 6. The van der Waals surface area contributed by atoms with Gasteiger partial charge in [0.2, 0.25) is 0 Å². The van der Waals surface area contributed by atoms with E-state index < -0.39 is 0 Å². The molecule has 0 unspecified atom stereocenters. The third kappa shape index (κ3) is 4.89. The number of carbonyl (C=O) groups excluding carboxylic acids is 2. The maximum atomic E-state index is 12.8. The van der Waals surface area contributed by atoms with Gasteiger partial charge in [-0.2, -0.15) is 0 Å². The summed E-state index contributed by atoms with van der Waals surface area (Å²) >= 11 is 7.56. The zero-order chi connectivity index (χ0) is 21.8. The Morgan fingerprint density at radius 1 is 1.19 bits per heavy atom. The number of fused-ring (bicyclic) bond motifs is 1. The number of benzene rings is 2. The van der Waals surface area contributed by atoms with E-state index in [0.29, 0.717) is 46.5 Å². The van der Waals surface area contributed by atoms with E-state index in [9.17, 15) is 9.59 Å². The fourth-order valence-electron chi connectivity index (χ4n) is 3.46. The van der Waals surface area contributed by atoms with Crippen LogP contribution in [0.5, 0.6) is 0 Å². The van der Waals surface area contributed by atoms with Gasteiger partial charge < -0.3 is 20.4 Å². The molecule has 0 spiro atoms. The van der Waals surface area contributed by atoms with Crippen LogP contribution in [-0.2, 0) is 16.0 Å². The number of nitrogens with one attached hydrogen (secondary N) is 3. The Morgan fingerprint density at radius 2 is 2.03 bits per heavy atom. The molecule has 2 heterocycles. The van der Waals surface area contributed by atoms with Gasteiger partial charge in [-0.3, -0.25) is 9.59 Å². The number of halogens is 1. The summed E-state index contributed by atoms with van der Waals surface area (Å²) in [5.41, 5.74) is 2.97. The SMILES string of the molecule is CC1=C(C(=O)Nc2ccccc2C(=O)NCCc2c[nH]c3ccc(Cl)cc23)SCCO1. The van der Waals surface area contributed by atoms with Gasteiger partial charge in [0.1, 0.15) is 10.7 Å². The van der Waals surface area contributed by atoms with Crippen molar-refractivity contribution >= 4 is 51.8 Å². The molecule has 0 fully saturated rings. The second-order valence-corrected chi connectivity index (χ2v) is 8.63. The van der Waals surface area contributed by atoms with Crippen molar-refractivity contribution in [2.45, 2.75) is 13.3 Å². The van der Waals surface area contributed by atoms with Crippen LogP contribution in [0, 0.1) is 0 Å². The second kappa shape index (κ2) is 9.49. The van der Waals surface area contributed by atoms with Gasteiger partial charge in [-0.1, -0.05) is 23.7 Å². The number of aromatic amines is 1. The van der Waals surface area contributed by atoms with Crippen LogP contribution in [0.25, 0.3) is 10.9 Å². The van der Waals surface area contributed by atoms with Crippen molar-refractivity contribution < 1.29 is 14.3 Å². The lowest BCUT2D eigenvalue weighted by molar-refractivity contribution is -0.112. The monoisotopic (exact) mass is 455 g/mol. The maximum absolute atomic E-state index is 12.8. The van der Waals surface area contributed by atoms with E-state index in [1.807, 2.05) is 24.4 Å². The summed E-state index contributed by atoms with van der Waals surface area (Å²) in [5, 5.41) is 7.51. The topological polar surface area (TPSA) is 83.2 Å². The number of allylic oxidation sites excluding steroid dienone is 1. The van der Waals surface area contributed by atoms with Crippen molar-refractivity contribution in [3.8, 4) is 0 Å². The largest absolute Gasteiger partial charge is 0.496 e. The molecule has 0 atom stereocenters. The Hall–Kier alpha value is -2.90. The van der Waals surface area contributed by atoms with E-state index in [0.717, 1.165) is 22.2 Å². The number of anilines is 1. The molecule has 1 aliphatic rings. The Morgan fingerprint density at radius 3 is 2.87 bits per heavy atom. The van der Waals surface area contributed by atoms with Gasteiger partial charge in [-0.25, -0.2) is 0 Å². The highest BCUT2D eigenvalue weighted by molar-refractivity contribution is 8.04. The van der Waals surface area contributed by atoms with Gasteiger partial charge in [-0.15, -0.1) is 11.8 Å². The average Bonchev–Trinajstić information content (AvgIpc) is 3.16. The molecule has 6 nitrogen and oxygen atoms in total. The Labute approximate surface area is 189 Å². The standard InChI is InChI=1S/C23H22ClN3O3S/c1-14-21(31-11-10-30-14)23(29)27-20-5-3-2-4-17(20)22(28)25-9-8-15-13-26-19-7-6-16(24)12-18(15)19/h2-7,12-13,26H,8-11H2,1H3,(H,25,28)(H,27,29). The molecule has 0 aliphatic carbocycles. The molecule has 0 bridgehead atoms. The van der Waals surface area contributed by atoms with Crippen molar-refractivity contribution in [2.24, 2.45) is 0 Å². The lowest BCUT2D eigenvalue weighted by atomic mass is 10.1. The van der Waals surface area contributed by atoms with Crippen LogP contribution in [-0.4, -0.2) is 35.7 Å². The highest BCUT2D eigenvalue weighted by Crippen LogP contribution is 2.27. The van der Waals surface area contributed by atoms with Crippen molar-refractivity contribution in [1.29, 1.82) is 0 Å². The fourth-order valence-corrected chi connectivity index (χ4v) is 4.45. The quantitative estimate of drug-likeness (QED) is 0.502. The van der Waals surface area contributed by atoms with Crippen LogP contribution in [0.3, 0.4) is 0 Å². The van der Waals surface area contributed by atoms with Crippen LogP contribution < -0.4 is 10.6 Å². The molecular weight excluding hydrogens is 434 g/mol. The molecule has 1 aliphatic heterocycles. The first-order chi connectivity index (χ1) is 15.0. The lowest BCUT2D eigenvalue weighted by Gasteiger charge is -2.18. The molecule has 3 aromatic rings. The first kappa shape index (κ1) is 21.3. The molecular formula is C23H22ClN3O3S. The summed E-state index contributed by atoms with van der Waals surface area (Å²) in [6.07, 6.45) is 2.59. The lowest BCUT2D eigenvalue weighted by Crippen LogP contribution is -2.27. The van der Waals surface area contributed by atoms with Crippen LogP contribution in [0.1, 0.15) is 22.8 Å². The molecule has 0 radical (unpaired) electrons. The minimum absolute atomic E-state index is 0.243. The number of ether oxygens (including phenoxy) is 1. The number of hydrogen-bond acceptors (Lipinski definition) is 4. The summed E-state index contributed by atoms with van der Waals surface area (Å²) in [6, 6.07) is 12.7. The molecule has 2 amide bonds. The van der Waals surface area contributed by atoms with Crippen molar-refractivity contribution in [1.82, 2.24) is 10.3 Å². The third-order valence-corrected chi connectivity index (χ3v) is 6.37. The van der Waals surface area contributed by atoms with Gasteiger partial charge in [0, 0.05) is 34.4 Å². The summed E-state index contributed by atoms with van der Waals surface area (Å²) < 4.78 is 5.46. The third-order valence-electron chi connectivity index (χ3n) is 5.00. The Kier molecular flexibility index (Phi) is 6.53. The number of H-pyrrole nitrogens is 1. The minimum Gasteiger partial charge on any atom is -0.496 e. The fraction of sp³-hybridized carbons (Fsp3) is 0.217. The first-order valence-electron chi connectivity index (χ1n) is 9.93. The summed E-state index contributed by atoms with van der Waals surface area (Å²) in [5.74, 6) is 0.820. The number of hydrogen-bond donors (Lipinski definition) is 3. The van der Waals surface area contributed by atoms with Crippen molar-refractivity contribution in [2.75, 3.05) is 24.2 Å². The second-order valence-electron chi connectivity index (χ2n) is 7.09. The van der Waals surface area contributed by atoms with E-state index in [4.69, 9.17) is 16.3 Å². The molecule has 4 rings (SSSR count). The predicted molar refractivity (Wildman–Crippen MR) is 126 cm³/mol. The molecule has 160 valence electrons. The summed E-state index contributed by atoms with van der Waals surface area (Å²) in [4.78, 5) is 29.2. The highest BCUT2D eigenvalue weighted by atomic mass is 35.5. The van der Waals surface area contributed by atoms with E-state index in [1.165, 1.54) is 11.8 Å². The minimum atomic E-state index is -0.266. The zero-order valence-electron chi connectivity index (χ0n) is 17.0. The normalized spacial score (nSPS) is 13.7. The van der Waals surface area contributed by atoms with E-state index in [1.54, 1.807) is 31.2 Å². The molecule has 0 saturated carbocycles. The number of para-hydroxylation sites is 1. The molecule has 0 saturated heterocycles. The molecule has 31 heavy (non-hydrogen) atoms. The maximum Gasteiger partial charge on any atom is 0.265 e. The van der Waals surface area contributed by atoms with E-state index in [-0.39, 0.29) is 11.8 Å². The first-order valence-corrected chi connectivity index (χ1v) is 11.3. The Balaban J connectivity index is 1.42. The van der Waals surface area contributed by atoms with Gasteiger partial charge in [0.25, 0.3) is 11.8 Å². The van der Waals surface area contributed by atoms with Crippen LogP contribution in [0.4, 0.5) is 5.69 Å². The van der Waals surface area contributed by atoms with Gasteiger partial charge in [0.05, 0.1) is 17.9 Å². The molecule has 2 aromatic carbocycles. The number of carbonyl (C=O) groups is 2. The van der Waals surface area contributed by atoms with Crippen molar-refractivity contribution in [3.05, 3.63) is 75.5 Å². The Bertz CT molecular complexity index is 1170. The van der Waals surface area contributed by atoms with Crippen LogP contribution >= 0.6 is 23.4 Å². The highest BCUT2D eigenvalue weighted by Gasteiger charge is 2.21. The van der Waals surface area contributed by atoms with Crippen LogP contribution in [0.15, 0.2) is 59.3 Å². The predicted octanol–water partition coefficient (Wildman–Crippen LogP) is 4.73. The van der Waals surface area contributed by atoms with Gasteiger partial charge in [-0.05, 0) is 49.2 Å². The van der Waals surface area contributed by atoms with Crippen LogP contribution in [0.2, 0.25) is 5.02 Å². The van der Waals surface area contributed by atoms with Crippen molar-refractivity contribution in [3.63, 3.8) is 0 Å². The summed E-state index contributed by atoms with van der Waals surface area (Å²) in [6.45, 7) is 2.82. The number of aromatic nitrogens is 1. The van der Waals surface area contributed by atoms with Gasteiger partial charge >= 0.3 is 0 Å².